The number of nitrogens with zero attached hydrogens (tertiary/aromatic N) is 1. The summed E-state index contributed by atoms with van der Waals surface area (Å²) in [6, 6.07) is 5.12. The minimum atomic E-state index is -1.21. The minimum Gasteiger partial charge on any atom is -0.489 e. The Morgan fingerprint density at radius 3 is 2.65 bits per heavy atom. The van der Waals surface area contributed by atoms with Gasteiger partial charge in [0.1, 0.15) is 11.3 Å². The normalized spacial score (nSPS) is 11.0. The average Bonchev–Trinajstić information content (AvgIpc) is 2.39. The minimum absolute atomic E-state index is 0.0276. The molecule has 0 spiro atoms. The first-order valence-electron chi connectivity index (χ1n) is 6.51. The first-order valence-corrected chi connectivity index (χ1v) is 6.51. The number of pyridine rings is 1. The van der Waals surface area contributed by atoms with Gasteiger partial charge in [-0.2, -0.15) is 0 Å². The van der Waals surface area contributed by atoms with Gasteiger partial charge in [-0.15, -0.1) is 0 Å². The van der Waals surface area contributed by atoms with Gasteiger partial charge < -0.3 is 14.4 Å². The number of fused-ring (bicyclic) bond motifs is 1. The quantitative estimate of drug-likeness (QED) is 0.930. The summed E-state index contributed by atoms with van der Waals surface area (Å²) < 4.78 is 7.45. The molecule has 0 saturated carbocycles. The van der Waals surface area contributed by atoms with E-state index in [1.54, 1.807) is 22.8 Å². The molecule has 20 heavy (non-hydrogen) atoms. The highest BCUT2D eigenvalue weighted by molar-refractivity contribution is 5.94. The molecule has 0 aliphatic carbocycles. The van der Waals surface area contributed by atoms with Crippen LogP contribution < -0.4 is 10.2 Å². The number of carboxylic acid groups (broad SMARTS) is 1. The molecule has 0 aliphatic rings. The van der Waals surface area contributed by atoms with Crippen molar-refractivity contribution < 1.29 is 14.6 Å². The molecule has 106 valence electrons. The highest BCUT2D eigenvalue weighted by Crippen LogP contribution is 2.25. The van der Waals surface area contributed by atoms with E-state index in [0.717, 1.165) is 0 Å². The average molecular weight is 275 g/mol. The molecule has 2 aromatic rings. The van der Waals surface area contributed by atoms with Crippen LogP contribution in [0.1, 0.15) is 31.1 Å². The Labute approximate surface area is 116 Å². The molecule has 0 saturated heterocycles. The molecule has 0 bridgehead atoms. The lowest BCUT2D eigenvalue weighted by molar-refractivity contribution is 0.0695. The first kappa shape index (κ1) is 14.1. The summed E-state index contributed by atoms with van der Waals surface area (Å²) in [5.41, 5.74) is -0.0637. The second-order valence-corrected chi connectivity index (χ2v) is 4.78. The van der Waals surface area contributed by atoms with Gasteiger partial charge in [-0.1, -0.05) is 6.07 Å². The standard InChI is InChI=1S/C15H17NO4/c1-4-16-8-11(15(18)19)14(17)10-6-5-7-12(13(10)16)20-9(2)3/h5-9H,4H2,1-3H3,(H,18,19). The maximum Gasteiger partial charge on any atom is 0.341 e. The Morgan fingerprint density at radius 2 is 2.10 bits per heavy atom. The number of aryl methyl sites for hydroxylation is 1. The third-order valence-electron chi connectivity index (χ3n) is 2.99. The molecule has 1 aromatic heterocycles. The summed E-state index contributed by atoms with van der Waals surface area (Å²) in [7, 11) is 0. The summed E-state index contributed by atoms with van der Waals surface area (Å²) in [6.45, 7) is 6.24. The molecule has 0 fully saturated rings. The van der Waals surface area contributed by atoms with Gasteiger partial charge in [0.25, 0.3) is 0 Å². The second kappa shape index (κ2) is 5.36. The Balaban J connectivity index is 2.85. The van der Waals surface area contributed by atoms with Crippen LogP contribution in [0.5, 0.6) is 5.75 Å². The lowest BCUT2D eigenvalue weighted by atomic mass is 10.1. The van der Waals surface area contributed by atoms with Gasteiger partial charge in [0.15, 0.2) is 0 Å². The number of aromatic nitrogens is 1. The third-order valence-corrected chi connectivity index (χ3v) is 2.99. The van der Waals surface area contributed by atoms with Crippen molar-refractivity contribution in [3.05, 3.63) is 40.2 Å². The fourth-order valence-corrected chi connectivity index (χ4v) is 2.18. The first-order chi connectivity index (χ1) is 9.45. The zero-order valence-electron chi connectivity index (χ0n) is 11.7. The summed E-state index contributed by atoms with van der Waals surface area (Å²) in [5.74, 6) is -0.623. The Kier molecular flexibility index (Phi) is 3.79. The van der Waals surface area contributed by atoms with E-state index in [0.29, 0.717) is 23.2 Å². The largest absolute Gasteiger partial charge is 0.489 e. The smallest absolute Gasteiger partial charge is 0.341 e. The van der Waals surface area contributed by atoms with Crippen molar-refractivity contribution in [1.29, 1.82) is 0 Å². The van der Waals surface area contributed by atoms with Crippen molar-refractivity contribution in [2.45, 2.75) is 33.4 Å². The van der Waals surface area contributed by atoms with Crippen LogP contribution in [0.15, 0.2) is 29.2 Å². The molecule has 0 amide bonds. The van der Waals surface area contributed by atoms with Crippen LogP contribution in [0, 0.1) is 0 Å². The van der Waals surface area contributed by atoms with E-state index in [9.17, 15) is 9.59 Å². The second-order valence-electron chi connectivity index (χ2n) is 4.78. The number of hydrogen-bond acceptors (Lipinski definition) is 3. The number of ether oxygens (including phenoxy) is 1. The predicted octanol–water partition coefficient (Wildman–Crippen LogP) is 2.51. The molecule has 1 aromatic carbocycles. The third kappa shape index (κ3) is 2.39. The van der Waals surface area contributed by atoms with Crippen molar-refractivity contribution in [1.82, 2.24) is 4.57 Å². The van der Waals surface area contributed by atoms with Crippen LogP contribution in [0.4, 0.5) is 0 Å². The van der Waals surface area contributed by atoms with E-state index in [2.05, 4.69) is 0 Å². The van der Waals surface area contributed by atoms with Crippen molar-refractivity contribution in [3.63, 3.8) is 0 Å². The molecule has 0 atom stereocenters. The predicted molar refractivity (Wildman–Crippen MR) is 76.6 cm³/mol. The number of carboxylic acids is 1. The molecule has 1 heterocycles. The van der Waals surface area contributed by atoms with Gasteiger partial charge in [-0.25, -0.2) is 4.79 Å². The molecular weight excluding hydrogens is 258 g/mol. The van der Waals surface area contributed by atoms with Crippen molar-refractivity contribution in [2.75, 3.05) is 0 Å². The maximum absolute atomic E-state index is 12.2. The van der Waals surface area contributed by atoms with Crippen molar-refractivity contribution >= 4 is 16.9 Å². The molecule has 2 rings (SSSR count). The van der Waals surface area contributed by atoms with Gasteiger partial charge in [0.2, 0.25) is 5.43 Å². The van der Waals surface area contributed by atoms with E-state index in [1.807, 2.05) is 20.8 Å². The molecule has 0 aliphatic heterocycles. The number of aromatic carboxylic acids is 1. The van der Waals surface area contributed by atoms with Crippen LogP contribution in [-0.4, -0.2) is 21.7 Å². The molecular formula is C15H17NO4. The monoisotopic (exact) mass is 275 g/mol. The summed E-state index contributed by atoms with van der Waals surface area (Å²) in [5, 5.41) is 9.48. The summed E-state index contributed by atoms with van der Waals surface area (Å²) in [4.78, 5) is 23.4. The lowest BCUT2D eigenvalue weighted by Gasteiger charge is -2.16. The van der Waals surface area contributed by atoms with Crippen LogP contribution >= 0.6 is 0 Å². The summed E-state index contributed by atoms with van der Waals surface area (Å²) in [6.07, 6.45) is 1.35. The highest BCUT2D eigenvalue weighted by atomic mass is 16.5. The van der Waals surface area contributed by atoms with Gasteiger partial charge in [-0.3, -0.25) is 4.79 Å². The molecule has 5 nitrogen and oxygen atoms in total. The number of para-hydroxylation sites is 1. The number of hydrogen-bond donors (Lipinski definition) is 1. The number of rotatable bonds is 4. The SMILES string of the molecule is CCn1cc(C(=O)O)c(=O)c2cccc(OC(C)C)c21. The van der Waals surface area contributed by atoms with E-state index < -0.39 is 11.4 Å². The fraction of sp³-hybridized carbons (Fsp3) is 0.333. The van der Waals surface area contributed by atoms with E-state index >= 15 is 0 Å². The van der Waals surface area contributed by atoms with Gasteiger partial charge in [-0.05, 0) is 32.9 Å². The molecule has 0 radical (unpaired) electrons. The highest BCUT2D eigenvalue weighted by Gasteiger charge is 2.16. The number of carbonyl (C=O) groups is 1. The van der Waals surface area contributed by atoms with Crippen LogP contribution in [0.2, 0.25) is 0 Å². The zero-order valence-corrected chi connectivity index (χ0v) is 11.7. The van der Waals surface area contributed by atoms with Crippen LogP contribution in [-0.2, 0) is 6.54 Å². The Hall–Kier alpha value is -2.30. The van der Waals surface area contributed by atoms with Gasteiger partial charge >= 0.3 is 5.97 Å². The zero-order chi connectivity index (χ0) is 14.9. The van der Waals surface area contributed by atoms with Crippen LogP contribution in [0.25, 0.3) is 10.9 Å². The fourth-order valence-electron chi connectivity index (χ4n) is 2.18. The molecule has 1 N–H and O–H groups in total. The lowest BCUT2D eigenvalue weighted by Crippen LogP contribution is -2.19. The van der Waals surface area contributed by atoms with Crippen molar-refractivity contribution in [2.24, 2.45) is 0 Å². The van der Waals surface area contributed by atoms with E-state index in [1.165, 1.54) is 6.20 Å². The van der Waals surface area contributed by atoms with E-state index in [4.69, 9.17) is 9.84 Å². The number of benzene rings is 1. The van der Waals surface area contributed by atoms with Gasteiger partial charge in [0, 0.05) is 12.7 Å². The molecule has 0 unspecified atom stereocenters. The van der Waals surface area contributed by atoms with Gasteiger partial charge in [0.05, 0.1) is 17.0 Å². The van der Waals surface area contributed by atoms with Crippen molar-refractivity contribution in [3.8, 4) is 5.75 Å². The topological polar surface area (TPSA) is 68.5 Å². The maximum atomic E-state index is 12.2. The van der Waals surface area contributed by atoms with E-state index in [-0.39, 0.29) is 11.7 Å². The van der Waals surface area contributed by atoms with Crippen LogP contribution in [0.3, 0.4) is 0 Å². The molecule has 5 heteroatoms. The Morgan fingerprint density at radius 1 is 1.40 bits per heavy atom. The Bertz CT molecular complexity index is 716. The summed E-state index contributed by atoms with van der Waals surface area (Å²) >= 11 is 0.